The second-order valence-corrected chi connectivity index (χ2v) is 4.23. The number of rotatable bonds is 4. The molecule has 1 aromatic carbocycles. The summed E-state index contributed by atoms with van der Waals surface area (Å²) in [5, 5.41) is 0. The first-order valence-corrected chi connectivity index (χ1v) is 5.52. The molecule has 0 N–H and O–H groups in total. The first-order valence-electron chi connectivity index (χ1n) is 5.52. The Kier molecular flexibility index (Phi) is 4.37. The van der Waals surface area contributed by atoms with Gasteiger partial charge >= 0.3 is 0 Å². The van der Waals surface area contributed by atoms with Gasteiger partial charge in [0.2, 0.25) is 0 Å². The zero-order valence-corrected chi connectivity index (χ0v) is 11.0. The molecule has 0 saturated heterocycles. The Morgan fingerprint density at radius 3 is 2.35 bits per heavy atom. The molecule has 1 rings (SSSR count). The van der Waals surface area contributed by atoms with E-state index in [1.165, 1.54) is 4.90 Å². The highest BCUT2D eigenvalue weighted by Crippen LogP contribution is 2.29. The van der Waals surface area contributed by atoms with E-state index in [1.54, 1.807) is 39.4 Å². The lowest BCUT2D eigenvalue weighted by Gasteiger charge is -2.15. The van der Waals surface area contributed by atoms with Crippen molar-refractivity contribution in [3.05, 3.63) is 23.8 Å². The van der Waals surface area contributed by atoms with E-state index in [4.69, 9.17) is 9.47 Å². The minimum atomic E-state index is -0.0561. The highest BCUT2D eigenvalue weighted by Gasteiger charge is 2.13. The van der Waals surface area contributed by atoms with E-state index in [2.05, 4.69) is 0 Å². The van der Waals surface area contributed by atoms with Crippen molar-refractivity contribution < 1.29 is 14.3 Å². The maximum Gasteiger partial charge on any atom is 0.253 e. The summed E-state index contributed by atoms with van der Waals surface area (Å²) in [4.78, 5) is 13.3. The zero-order chi connectivity index (χ0) is 13.0. The van der Waals surface area contributed by atoms with E-state index in [9.17, 15) is 4.79 Å². The fourth-order valence-corrected chi connectivity index (χ4v) is 1.41. The molecule has 1 amide bonds. The SMILES string of the molecule is COc1cc(C(=O)N(C)C)ccc1OC(C)C. The third kappa shape index (κ3) is 3.37. The van der Waals surface area contributed by atoms with Crippen LogP contribution in [0.2, 0.25) is 0 Å². The van der Waals surface area contributed by atoms with Crippen LogP contribution in [0.4, 0.5) is 0 Å². The van der Waals surface area contributed by atoms with Gasteiger partial charge in [-0.1, -0.05) is 0 Å². The molecule has 0 saturated carbocycles. The quantitative estimate of drug-likeness (QED) is 0.805. The highest BCUT2D eigenvalue weighted by atomic mass is 16.5. The Balaban J connectivity index is 3.04. The molecule has 0 radical (unpaired) electrons. The zero-order valence-electron chi connectivity index (χ0n) is 11.0. The number of carbonyl (C=O) groups is 1. The minimum Gasteiger partial charge on any atom is -0.493 e. The summed E-state index contributed by atoms with van der Waals surface area (Å²) in [5.41, 5.74) is 0.586. The topological polar surface area (TPSA) is 38.8 Å². The van der Waals surface area contributed by atoms with Crippen molar-refractivity contribution in [2.24, 2.45) is 0 Å². The first kappa shape index (κ1) is 13.4. The van der Waals surface area contributed by atoms with Crippen molar-refractivity contribution >= 4 is 5.91 Å². The van der Waals surface area contributed by atoms with Gasteiger partial charge in [0, 0.05) is 19.7 Å². The van der Waals surface area contributed by atoms with Crippen LogP contribution in [0.3, 0.4) is 0 Å². The molecule has 0 atom stereocenters. The van der Waals surface area contributed by atoms with E-state index >= 15 is 0 Å². The second-order valence-electron chi connectivity index (χ2n) is 4.23. The minimum absolute atomic E-state index is 0.0561. The molecular formula is C13H19NO3. The van der Waals surface area contributed by atoms with Crippen LogP contribution < -0.4 is 9.47 Å². The predicted octanol–water partition coefficient (Wildman–Crippen LogP) is 2.18. The summed E-state index contributed by atoms with van der Waals surface area (Å²) in [6.07, 6.45) is 0.0688. The first-order chi connectivity index (χ1) is 7.95. The molecule has 94 valence electrons. The smallest absolute Gasteiger partial charge is 0.253 e. The van der Waals surface area contributed by atoms with Gasteiger partial charge in [-0.05, 0) is 32.0 Å². The van der Waals surface area contributed by atoms with Gasteiger partial charge in [-0.15, -0.1) is 0 Å². The van der Waals surface area contributed by atoms with E-state index in [0.717, 1.165) is 0 Å². The van der Waals surface area contributed by atoms with Crippen molar-refractivity contribution in [3.8, 4) is 11.5 Å². The second kappa shape index (κ2) is 5.57. The van der Waals surface area contributed by atoms with Crippen LogP contribution in [-0.4, -0.2) is 38.1 Å². The van der Waals surface area contributed by atoms with Gasteiger partial charge in [-0.25, -0.2) is 0 Å². The van der Waals surface area contributed by atoms with Gasteiger partial charge in [-0.3, -0.25) is 4.79 Å². The van der Waals surface area contributed by atoms with Crippen molar-refractivity contribution in [1.82, 2.24) is 4.90 Å². The fourth-order valence-electron chi connectivity index (χ4n) is 1.41. The summed E-state index contributed by atoms with van der Waals surface area (Å²) in [7, 11) is 4.99. The van der Waals surface area contributed by atoms with Crippen molar-refractivity contribution in [3.63, 3.8) is 0 Å². The number of carbonyl (C=O) groups excluding carboxylic acids is 1. The Hall–Kier alpha value is -1.71. The summed E-state index contributed by atoms with van der Waals surface area (Å²) < 4.78 is 10.8. The van der Waals surface area contributed by atoms with Gasteiger partial charge in [0.25, 0.3) is 5.91 Å². The van der Waals surface area contributed by atoms with Crippen LogP contribution in [0, 0.1) is 0 Å². The molecule has 0 aliphatic rings. The Labute approximate surface area is 102 Å². The number of hydrogen-bond donors (Lipinski definition) is 0. The Morgan fingerprint density at radius 1 is 1.24 bits per heavy atom. The van der Waals surface area contributed by atoms with Gasteiger partial charge in [0.1, 0.15) is 0 Å². The van der Waals surface area contributed by atoms with Crippen LogP contribution in [0.25, 0.3) is 0 Å². The highest BCUT2D eigenvalue weighted by molar-refractivity contribution is 5.94. The number of nitrogens with zero attached hydrogens (tertiary/aromatic N) is 1. The molecule has 1 aromatic rings. The standard InChI is InChI=1S/C13H19NO3/c1-9(2)17-11-7-6-10(8-12(11)16-5)13(15)14(3)4/h6-9H,1-5H3. The van der Waals surface area contributed by atoms with Crippen LogP contribution >= 0.6 is 0 Å². The van der Waals surface area contributed by atoms with Crippen LogP contribution in [0.5, 0.6) is 11.5 Å². The molecule has 0 fully saturated rings. The summed E-state index contributed by atoms with van der Waals surface area (Å²) in [6.45, 7) is 3.89. The van der Waals surface area contributed by atoms with E-state index in [-0.39, 0.29) is 12.0 Å². The molecule has 0 aliphatic carbocycles. The maximum absolute atomic E-state index is 11.8. The summed E-state index contributed by atoms with van der Waals surface area (Å²) in [6, 6.07) is 5.19. The predicted molar refractivity (Wildman–Crippen MR) is 66.8 cm³/mol. The Bertz CT molecular complexity index is 400. The average Bonchev–Trinajstić information content (AvgIpc) is 2.27. The normalized spacial score (nSPS) is 10.2. The summed E-state index contributed by atoms with van der Waals surface area (Å²) in [5.74, 6) is 1.17. The molecule has 0 heterocycles. The third-order valence-electron chi connectivity index (χ3n) is 2.18. The lowest BCUT2D eigenvalue weighted by Crippen LogP contribution is -2.21. The van der Waals surface area contributed by atoms with Gasteiger partial charge in [0.05, 0.1) is 13.2 Å². The lowest BCUT2D eigenvalue weighted by molar-refractivity contribution is 0.0827. The van der Waals surface area contributed by atoms with E-state index in [1.807, 2.05) is 13.8 Å². The van der Waals surface area contributed by atoms with E-state index < -0.39 is 0 Å². The van der Waals surface area contributed by atoms with Crippen molar-refractivity contribution in [2.45, 2.75) is 20.0 Å². The molecular weight excluding hydrogens is 218 g/mol. The van der Waals surface area contributed by atoms with Crippen LogP contribution in [0.15, 0.2) is 18.2 Å². The van der Waals surface area contributed by atoms with E-state index in [0.29, 0.717) is 17.1 Å². The van der Waals surface area contributed by atoms with Crippen molar-refractivity contribution in [1.29, 1.82) is 0 Å². The average molecular weight is 237 g/mol. The fraction of sp³-hybridized carbons (Fsp3) is 0.462. The number of ether oxygens (including phenoxy) is 2. The molecule has 4 nitrogen and oxygen atoms in total. The van der Waals surface area contributed by atoms with Crippen LogP contribution in [-0.2, 0) is 0 Å². The van der Waals surface area contributed by atoms with Gasteiger partial charge < -0.3 is 14.4 Å². The van der Waals surface area contributed by atoms with Crippen LogP contribution in [0.1, 0.15) is 24.2 Å². The molecule has 4 heteroatoms. The third-order valence-corrected chi connectivity index (χ3v) is 2.18. The molecule has 0 aliphatic heterocycles. The van der Waals surface area contributed by atoms with Gasteiger partial charge in [0.15, 0.2) is 11.5 Å². The number of hydrogen-bond acceptors (Lipinski definition) is 3. The molecule has 17 heavy (non-hydrogen) atoms. The monoisotopic (exact) mass is 237 g/mol. The van der Waals surface area contributed by atoms with Gasteiger partial charge in [-0.2, -0.15) is 0 Å². The summed E-state index contributed by atoms with van der Waals surface area (Å²) >= 11 is 0. The van der Waals surface area contributed by atoms with Crippen molar-refractivity contribution in [2.75, 3.05) is 21.2 Å². The number of amides is 1. The largest absolute Gasteiger partial charge is 0.493 e. The number of methoxy groups -OCH3 is 1. The molecule has 0 bridgehead atoms. The Morgan fingerprint density at radius 2 is 1.88 bits per heavy atom. The lowest BCUT2D eigenvalue weighted by atomic mass is 10.2. The molecule has 0 spiro atoms. The maximum atomic E-state index is 11.8. The molecule has 0 unspecified atom stereocenters. The number of benzene rings is 1. The molecule has 0 aromatic heterocycles.